The molecule has 10 heteroatoms. The smallest absolute Gasteiger partial charge is 0.286 e. The predicted molar refractivity (Wildman–Crippen MR) is 113 cm³/mol. The number of carbonyl (C=O) groups is 2. The van der Waals surface area contributed by atoms with Gasteiger partial charge in [0, 0.05) is 18.7 Å². The molecule has 0 radical (unpaired) electrons. The summed E-state index contributed by atoms with van der Waals surface area (Å²) in [5, 5.41) is 5.43. The van der Waals surface area contributed by atoms with Crippen molar-refractivity contribution in [3.8, 4) is 0 Å². The Morgan fingerprint density at radius 1 is 1.00 bits per heavy atom. The zero-order chi connectivity index (χ0) is 21.6. The van der Waals surface area contributed by atoms with Gasteiger partial charge in [-0.05, 0) is 42.5 Å². The molecule has 0 aliphatic carbocycles. The molecule has 3 aromatic rings. The number of para-hydroxylation sites is 1. The van der Waals surface area contributed by atoms with E-state index < -0.39 is 15.9 Å². The molecular weight excluding hydrogens is 430 g/mol. The third-order valence-corrected chi connectivity index (χ3v) is 5.62. The fraction of sp³-hybridized carbons (Fsp3) is 0.100. The van der Waals surface area contributed by atoms with Crippen LogP contribution in [-0.2, 0) is 14.8 Å². The van der Waals surface area contributed by atoms with Gasteiger partial charge in [0.05, 0.1) is 21.9 Å². The number of halogens is 1. The summed E-state index contributed by atoms with van der Waals surface area (Å²) >= 11 is 6.00. The Bertz CT molecular complexity index is 1150. The lowest BCUT2D eigenvalue weighted by Gasteiger charge is -2.11. The Balaban J connectivity index is 1.58. The number of rotatable bonds is 8. The highest BCUT2D eigenvalue weighted by molar-refractivity contribution is 7.92. The Morgan fingerprint density at radius 2 is 1.80 bits per heavy atom. The first kappa shape index (κ1) is 21.4. The van der Waals surface area contributed by atoms with E-state index in [0.717, 1.165) is 0 Å². The third kappa shape index (κ3) is 5.62. The first-order valence-corrected chi connectivity index (χ1v) is 10.7. The number of amides is 2. The lowest BCUT2D eigenvalue weighted by atomic mass is 10.3. The minimum absolute atomic E-state index is 0.00129. The Kier molecular flexibility index (Phi) is 6.76. The van der Waals surface area contributed by atoms with Crippen molar-refractivity contribution in [1.29, 1.82) is 0 Å². The van der Waals surface area contributed by atoms with Gasteiger partial charge < -0.3 is 15.1 Å². The molecule has 1 aromatic heterocycles. The maximum atomic E-state index is 12.6. The summed E-state index contributed by atoms with van der Waals surface area (Å²) in [5.74, 6) is -0.658. The monoisotopic (exact) mass is 447 g/mol. The topological polar surface area (TPSA) is 118 Å². The number of hydrogen-bond donors (Lipinski definition) is 3. The van der Waals surface area contributed by atoms with Gasteiger partial charge in [-0.3, -0.25) is 14.3 Å². The zero-order valence-electron chi connectivity index (χ0n) is 15.6. The lowest BCUT2D eigenvalue weighted by Crippen LogP contribution is -2.27. The number of nitrogens with one attached hydrogen (secondary N) is 3. The second kappa shape index (κ2) is 9.47. The molecule has 156 valence electrons. The van der Waals surface area contributed by atoms with Gasteiger partial charge in [-0.15, -0.1) is 0 Å². The van der Waals surface area contributed by atoms with Crippen molar-refractivity contribution in [2.24, 2.45) is 0 Å². The number of carbonyl (C=O) groups excluding carboxylic acids is 2. The average molecular weight is 448 g/mol. The van der Waals surface area contributed by atoms with E-state index in [2.05, 4.69) is 15.4 Å². The summed E-state index contributed by atoms with van der Waals surface area (Å²) in [4.78, 5) is 23.8. The van der Waals surface area contributed by atoms with Crippen LogP contribution < -0.4 is 15.4 Å². The van der Waals surface area contributed by atoms with E-state index in [0.29, 0.717) is 5.69 Å². The van der Waals surface area contributed by atoms with Crippen molar-refractivity contribution in [2.75, 3.05) is 16.6 Å². The zero-order valence-corrected chi connectivity index (χ0v) is 17.2. The van der Waals surface area contributed by atoms with Crippen LogP contribution in [-0.4, -0.2) is 26.8 Å². The van der Waals surface area contributed by atoms with Gasteiger partial charge in [-0.25, -0.2) is 8.42 Å². The molecule has 0 bridgehead atoms. The highest BCUT2D eigenvalue weighted by Crippen LogP contribution is 2.25. The molecule has 8 nitrogen and oxygen atoms in total. The molecule has 30 heavy (non-hydrogen) atoms. The number of benzene rings is 2. The maximum absolute atomic E-state index is 12.6. The van der Waals surface area contributed by atoms with Crippen molar-refractivity contribution >= 4 is 44.8 Å². The van der Waals surface area contributed by atoms with E-state index in [9.17, 15) is 18.0 Å². The van der Waals surface area contributed by atoms with Gasteiger partial charge in [-0.2, -0.15) is 0 Å². The molecule has 0 fully saturated rings. The van der Waals surface area contributed by atoms with E-state index in [-0.39, 0.29) is 40.2 Å². The first-order chi connectivity index (χ1) is 14.3. The Labute approximate surface area is 178 Å². The molecule has 0 aliphatic heterocycles. The molecule has 3 N–H and O–H groups in total. The van der Waals surface area contributed by atoms with E-state index >= 15 is 0 Å². The fourth-order valence-electron chi connectivity index (χ4n) is 2.50. The summed E-state index contributed by atoms with van der Waals surface area (Å²) in [6.07, 6.45) is 1.38. The average Bonchev–Trinajstić information content (AvgIpc) is 3.25. The molecule has 0 saturated carbocycles. The molecule has 3 rings (SSSR count). The second-order valence-corrected chi connectivity index (χ2v) is 8.23. The van der Waals surface area contributed by atoms with Crippen molar-refractivity contribution < 1.29 is 22.4 Å². The van der Waals surface area contributed by atoms with Gasteiger partial charge >= 0.3 is 0 Å². The van der Waals surface area contributed by atoms with Crippen LogP contribution in [0, 0.1) is 0 Å². The summed E-state index contributed by atoms with van der Waals surface area (Å²) < 4.78 is 32.6. The standard InChI is InChI=1S/C20H18ClN3O5S/c21-16-7-1-2-8-17(16)24-30(27,28)15-6-3-5-14(13-15)23-19(25)10-11-22-20(26)18-9-4-12-29-18/h1-9,12-13,24H,10-11H2,(H,22,26)(H,23,25). The summed E-state index contributed by atoms with van der Waals surface area (Å²) in [6, 6.07) is 15.4. The van der Waals surface area contributed by atoms with Crippen LogP contribution in [0.4, 0.5) is 11.4 Å². The first-order valence-electron chi connectivity index (χ1n) is 8.84. The molecule has 2 aromatic carbocycles. The van der Waals surface area contributed by atoms with E-state index in [1.54, 1.807) is 36.4 Å². The van der Waals surface area contributed by atoms with Crippen LogP contribution in [0.2, 0.25) is 5.02 Å². The Morgan fingerprint density at radius 3 is 2.53 bits per heavy atom. The van der Waals surface area contributed by atoms with Crippen LogP contribution in [0.5, 0.6) is 0 Å². The van der Waals surface area contributed by atoms with Crippen LogP contribution in [0.25, 0.3) is 0 Å². The van der Waals surface area contributed by atoms with Gasteiger partial charge in [0.25, 0.3) is 15.9 Å². The van der Waals surface area contributed by atoms with Crippen LogP contribution in [0.1, 0.15) is 17.0 Å². The van der Waals surface area contributed by atoms with Crippen molar-refractivity contribution in [3.05, 3.63) is 77.7 Å². The quantitative estimate of drug-likeness (QED) is 0.488. The van der Waals surface area contributed by atoms with Crippen molar-refractivity contribution in [1.82, 2.24) is 5.32 Å². The summed E-state index contributed by atoms with van der Waals surface area (Å²) in [7, 11) is -3.90. The molecule has 0 aliphatic rings. The van der Waals surface area contributed by atoms with Gasteiger partial charge in [0.1, 0.15) is 0 Å². The van der Waals surface area contributed by atoms with Crippen molar-refractivity contribution in [3.63, 3.8) is 0 Å². The molecule has 0 atom stereocenters. The largest absolute Gasteiger partial charge is 0.459 e. The highest BCUT2D eigenvalue weighted by Gasteiger charge is 2.16. The molecule has 2 amide bonds. The van der Waals surface area contributed by atoms with Crippen LogP contribution in [0.3, 0.4) is 0 Å². The minimum atomic E-state index is -3.90. The minimum Gasteiger partial charge on any atom is -0.459 e. The second-order valence-electron chi connectivity index (χ2n) is 6.14. The van der Waals surface area contributed by atoms with Crippen molar-refractivity contribution in [2.45, 2.75) is 11.3 Å². The number of furan rings is 1. The van der Waals surface area contributed by atoms with Gasteiger partial charge in [0.2, 0.25) is 5.91 Å². The van der Waals surface area contributed by atoms with Crippen LogP contribution >= 0.6 is 11.6 Å². The van der Waals surface area contributed by atoms with Gasteiger partial charge in [-0.1, -0.05) is 29.8 Å². The van der Waals surface area contributed by atoms with E-state index in [4.69, 9.17) is 16.0 Å². The summed E-state index contributed by atoms with van der Waals surface area (Å²) in [5.41, 5.74) is 0.556. The number of hydrogen-bond acceptors (Lipinski definition) is 5. The van der Waals surface area contributed by atoms with Gasteiger partial charge in [0.15, 0.2) is 5.76 Å². The molecule has 1 heterocycles. The molecule has 0 saturated heterocycles. The van der Waals surface area contributed by atoms with E-state index in [1.807, 2.05) is 0 Å². The summed E-state index contributed by atoms with van der Waals surface area (Å²) in [6.45, 7) is 0.0947. The Hall–Kier alpha value is -3.30. The molecular formula is C20H18ClN3O5S. The highest BCUT2D eigenvalue weighted by atomic mass is 35.5. The number of anilines is 2. The predicted octanol–water partition coefficient (Wildman–Crippen LogP) is 3.49. The maximum Gasteiger partial charge on any atom is 0.286 e. The number of sulfonamides is 1. The van der Waals surface area contributed by atoms with E-state index in [1.165, 1.54) is 30.5 Å². The molecule has 0 unspecified atom stereocenters. The fourth-order valence-corrected chi connectivity index (χ4v) is 3.86. The van der Waals surface area contributed by atoms with Crippen LogP contribution in [0.15, 0.2) is 76.2 Å². The normalized spacial score (nSPS) is 11.0. The SMILES string of the molecule is O=C(CCNC(=O)c1ccco1)Nc1cccc(S(=O)(=O)Nc2ccccc2Cl)c1. The third-order valence-electron chi connectivity index (χ3n) is 3.93. The molecule has 0 spiro atoms. The lowest BCUT2D eigenvalue weighted by molar-refractivity contribution is -0.116.